The molecule has 25 heavy (non-hydrogen) atoms. The van der Waals surface area contributed by atoms with Crippen molar-refractivity contribution in [2.75, 3.05) is 6.54 Å². The first-order valence-electron chi connectivity index (χ1n) is 8.10. The van der Waals surface area contributed by atoms with Crippen molar-refractivity contribution in [3.05, 3.63) is 70.5 Å². The minimum atomic E-state index is -0.692. The highest BCUT2D eigenvalue weighted by Crippen LogP contribution is 2.20. The summed E-state index contributed by atoms with van der Waals surface area (Å²) in [5.74, 6) is 0. The van der Waals surface area contributed by atoms with Gasteiger partial charge in [-0.3, -0.25) is 14.8 Å². The minimum absolute atomic E-state index is 0.0752. The molecule has 1 aromatic heterocycles. The molecular weight excluding hydrogens is 320 g/mol. The number of rotatable bonds is 7. The molecule has 0 bridgehead atoms. The number of fused-ring (bicyclic) bond motifs is 1. The molecule has 2 atom stereocenters. The summed E-state index contributed by atoms with van der Waals surface area (Å²) in [5.41, 5.74) is 1.06. The van der Waals surface area contributed by atoms with Crippen molar-refractivity contribution in [2.24, 2.45) is 0 Å². The molecule has 3 rings (SSSR count). The van der Waals surface area contributed by atoms with Crippen molar-refractivity contribution in [1.29, 1.82) is 0 Å². The molecule has 3 aromatic rings. The zero-order chi connectivity index (χ0) is 17.8. The molecular formula is C18H20N4O3. The highest BCUT2D eigenvalue weighted by atomic mass is 16.6. The lowest BCUT2D eigenvalue weighted by atomic mass is 10.0. The van der Waals surface area contributed by atoms with E-state index in [0.29, 0.717) is 6.54 Å². The van der Waals surface area contributed by atoms with Gasteiger partial charge in [-0.15, -0.1) is 0 Å². The lowest BCUT2D eigenvalue weighted by molar-refractivity contribution is -0.385. The Hall–Kier alpha value is -2.77. The van der Waals surface area contributed by atoms with Gasteiger partial charge in [0.25, 0.3) is 0 Å². The summed E-state index contributed by atoms with van der Waals surface area (Å²) >= 11 is 0. The molecule has 0 aliphatic carbocycles. The number of aromatic nitrogens is 2. The van der Waals surface area contributed by atoms with Crippen molar-refractivity contribution >= 4 is 16.5 Å². The van der Waals surface area contributed by atoms with Crippen LogP contribution in [0.1, 0.15) is 18.5 Å². The van der Waals surface area contributed by atoms with Gasteiger partial charge in [-0.1, -0.05) is 36.4 Å². The first kappa shape index (κ1) is 17.1. The van der Waals surface area contributed by atoms with Crippen LogP contribution in [0.5, 0.6) is 0 Å². The maximum absolute atomic E-state index is 10.6. The van der Waals surface area contributed by atoms with E-state index < -0.39 is 11.0 Å². The van der Waals surface area contributed by atoms with E-state index in [2.05, 4.69) is 40.7 Å². The van der Waals surface area contributed by atoms with Crippen LogP contribution in [0.25, 0.3) is 10.8 Å². The second-order valence-electron chi connectivity index (χ2n) is 6.07. The molecule has 130 valence electrons. The number of aliphatic hydroxyl groups excluding tert-OH is 1. The van der Waals surface area contributed by atoms with Crippen LogP contribution in [0.3, 0.4) is 0 Å². The van der Waals surface area contributed by atoms with Gasteiger partial charge in [0.1, 0.15) is 12.4 Å². The second-order valence-corrected chi connectivity index (χ2v) is 6.07. The first-order chi connectivity index (χ1) is 12.0. The highest BCUT2D eigenvalue weighted by molar-refractivity contribution is 5.83. The van der Waals surface area contributed by atoms with Gasteiger partial charge in [0.05, 0.1) is 17.6 Å². The summed E-state index contributed by atoms with van der Waals surface area (Å²) < 4.78 is 1.38. The Kier molecular flexibility index (Phi) is 5.06. The Morgan fingerprint density at radius 1 is 1.28 bits per heavy atom. The summed E-state index contributed by atoms with van der Waals surface area (Å²) in [6.45, 7) is 2.60. The van der Waals surface area contributed by atoms with Crippen molar-refractivity contribution in [3.8, 4) is 0 Å². The number of nitrogens with one attached hydrogen (secondary N) is 1. The summed E-state index contributed by atoms with van der Waals surface area (Å²) in [7, 11) is 0. The first-order valence-corrected chi connectivity index (χ1v) is 8.10. The number of nitrogens with zero attached hydrogens (tertiary/aromatic N) is 3. The molecule has 2 N–H and O–H groups in total. The quantitative estimate of drug-likeness (QED) is 0.509. The zero-order valence-electron chi connectivity index (χ0n) is 13.9. The van der Waals surface area contributed by atoms with Crippen molar-refractivity contribution < 1.29 is 10.0 Å². The Balaban J connectivity index is 1.56. The Labute approximate surface area is 145 Å². The van der Waals surface area contributed by atoms with Gasteiger partial charge < -0.3 is 10.4 Å². The number of hydrogen-bond acceptors (Lipinski definition) is 5. The Morgan fingerprint density at radius 2 is 2.04 bits per heavy atom. The lowest BCUT2D eigenvalue weighted by Crippen LogP contribution is -2.32. The maximum Gasteiger partial charge on any atom is 0.306 e. The molecule has 0 aliphatic heterocycles. The average Bonchev–Trinajstić information content (AvgIpc) is 3.08. The minimum Gasteiger partial charge on any atom is -0.390 e. The van der Waals surface area contributed by atoms with Gasteiger partial charge in [-0.05, 0) is 29.3 Å². The number of hydrogen-bond donors (Lipinski definition) is 2. The van der Waals surface area contributed by atoms with E-state index in [9.17, 15) is 15.2 Å². The predicted molar refractivity (Wildman–Crippen MR) is 95.3 cm³/mol. The van der Waals surface area contributed by atoms with E-state index in [1.807, 2.05) is 19.1 Å². The fourth-order valence-corrected chi connectivity index (χ4v) is 2.74. The normalized spacial score (nSPS) is 13.7. The van der Waals surface area contributed by atoms with Crippen LogP contribution in [0, 0.1) is 10.1 Å². The lowest BCUT2D eigenvalue weighted by Gasteiger charge is -2.18. The second kappa shape index (κ2) is 7.42. The third-order valence-corrected chi connectivity index (χ3v) is 4.16. The highest BCUT2D eigenvalue weighted by Gasteiger charge is 2.13. The third-order valence-electron chi connectivity index (χ3n) is 4.16. The number of benzene rings is 2. The van der Waals surface area contributed by atoms with Gasteiger partial charge >= 0.3 is 5.69 Å². The molecule has 0 saturated carbocycles. The smallest absolute Gasteiger partial charge is 0.306 e. The van der Waals surface area contributed by atoms with Gasteiger partial charge in [-0.25, -0.2) is 0 Å². The number of nitro groups is 1. The van der Waals surface area contributed by atoms with E-state index in [-0.39, 0.29) is 18.3 Å². The van der Waals surface area contributed by atoms with Crippen LogP contribution >= 0.6 is 0 Å². The van der Waals surface area contributed by atoms with Crippen molar-refractivity contribution in [3.63, 3.8) is 0 Å². The van der Waals surface area contributed by atoms with E-state index >= 15 is 0 Å². The standard InChI is InChI=1S/C18H20N4O3/c1-13(15-7-6-14-4-2-3-5-16(14)8-15)19-10-18(23)12-21-11-17(9-20-21)22(24)25/h2-9,11,13,18-19,23H,10,12H2,1H3. The fraction of sp³-hybridized carbons (Fsp3) is 0.278. The number of aliphatic hydroxyl groups is 1. The predicted octanol–water partition coefficient (Wildman–Crippen LogP) is 2.66. The summed E-state index contributed by atoms with van der Waals surface area (Å²) in [6, 6.07) is 14.5. The van der Waals surface area contributed by atoms with Gasteiger partial charge in [0.2, 0.25) is 0 Å². The summed E-state index contributed by atoms with van der Waals surface area (Å²) in [4.78, 5) is 10.1. The molecule has 7 nitrogen and oxygen atoms in total. The van der Waals surface area contributed by atoms with E-state index in [1.54, 1.807) is 0 Å². The summed E-state index contributed by atoms with van der Waals surface area (Å²) in [6.07, 6.45) is 1.80. The van der Waals surface area contributed by atoms with Crippen LogP contribution in [0.4, 0.5) is 5.69 Å². The van der Waals surface area contributed by atoms with Crippen LogP contribution < -0.4 is 5.32 Å². The SMILES string of the molecule is CC(NCC(O)Cn1cc([N+](=O)[O-])cn1)c1ccc2ccccc2c1. The largest absolute Gasteiger partial charge is 0.390 e. The molecule has 0 aliphatic rings. The topological polar surface area (TPSA) is 93.2 Å². The zero-order valence-corrected chi connectivity index (χ0v) is 13.9. The van der Waals surface area contributed by atoms with Crippen LogP contribution in [0.15, 0.2) is 54.9 Å². The Morgan fingerprint density at radius 3 is 2.76 bits per heavy atom. The summed E-state index contributed by atoms with van der Waals surface area (Å²) in [5, 5.41) is 30.3. The van der Waals surface area contributed by atoms with Crippen molar-refractivity contribution in [1.82, 2.24) is 15.1 Å². The van der Waals surface area contributed by atoms with Crippen LogP contribution in [0.2, 0.25) is 0 Å². The molecule has 1 heterocycles. The molecule has 0 spiro atoms. The van der Waals surface area contributed by atoms with Gasteiger partial charge in [0.15, 0.2) is 0 Å². The van der Waals surface area contributed by atoms with Crippen LogP contribution in [-0.4, -0.2) is 32.5 Å². The van der Waals surface area contributed by atoms with Crippen LogP contribution in [-0.2, 0) is 6.54 Å². The molecule has 0 saturated heterocycles. The third kappa shape index (κ3) is 4.20. The van der Waals surface area contributed by atoms with E-state index in [1.165, 1.54) is 27.8 Å². The maximum atomic E-state index is 10.6. The monoisotopic (exact) mass is 340 g/mol. The molecule has 0 fully saturated rings. The van der Waals surface area contributed by atoms with Crippen molar-refractivity contribution in [2.45, 2.75) is 25.6 Å². The molecule has 2 aromatic carbocycles. The van der Waals surface area contributed by atoms with Gasteiger partial charge in [0, 0.05) is 12.6 Å². The molecule has 7 heteroatoms. The molecule has 0 amide bonds. The Bertz CT molecular complexity index is 877. The van der Waals surface area contributed by atoms with Gasteiger partial charge in [-0.2, -0.15) is 5.10 Å². The molecule has 0 radical (unpaired) electrons. The van der Waals surface area contributed by atoms with E-state index in [4.69, 9.17) is 0 Å². The fourth-order valence-electron chi connectivity index (χ4n) is 2.74. The molecule has 2 unspecified atom stereocenters. The van der Waals surface area contributed by atoms with E-state index in [0.717, 1.165) is 5.56 Å². The average molecular weight is 340 g/mol.